The molecule has 0 aliphatic rings. The lowest BCUT2D eigenvalue weighted by atomic mass is 9.97. The summed E-state index contributed by atoms with van der Waals surface area (Å²) in [5.74, 6) is 0. The first-order valence-corrected chi connectivity index (χ1v) is 6.79. The molecule has 0 amide bonds. The van der Waals surface area contributed by atoms with E-state index in [0.717, 1.165) is 37.2 Å². The zero-order valence-electron chi connectivity index (χ0n) is 12.1. The third-order valence-electron chi connectivity index (χ3n) is 2.93. The normalized spacial score (nSPS) is 12.4. The molecule has 0 spiro atoms. The first-order chi connectivity index (χ1) is 8.58. The Morgan fingerprint density at radius 3 is 2.67 bits per heavy atom. The van der Waals surface area contributed by atoms with Gasteiger partial charge in [-0.15, -0.1) is 6.58 Å². The monoisotopic (exact) mass is 247 g/mol. The van der Waals surface area contributed by atoms with E-state index in [-0.39, 0.29) is 0 Å². The molecule has 0 radical (unpaired) electrons. The molecule has 1 N–H and O–H groups in total. The summed E-state index contributed by atoms with van der Waals surface area (Å²) in [6.07, 6.45) is 3.01. The quantitative estimate of drug-likeness (QED) is 0.751. The minimum Gasteiger partial charge on any atom is -0.310 e. The Morgan fingerprint density at radius 1 is 1.39 bits per heavy atom. The highest BCUT2D eigenvalue weighted by atomic mass is 15.1. The van der Waals surface area contributed by atoms with E-state index in [0.29, 0.717) is 6.04 Å². The standard InChI is InChI=1S/C15H25N3/c1-6-8-16-15(9-11(3)4)13-10-12(5)17-18-14(13)7-2/h10,15-16H,3,6-9H2,1-2,4-5H3. The molecule has 0 bridgehead atoms. The van der Waals surface area contributed by atoms with Crippen molar-refractivity contribution in [2.24, 2.45) is 0 Å². The number of aryl methyl sites for hydroxylation is 2. The van der Waals surface area contributed by atoms with Gasteiger partial charge in [0.25, 0.3) is 0 Å². The van der Waals surface area contributed by atoms with Crippen molar-refractivity contribution in [1.82, 2.24) is 15.5 Å². The fourth-order valence-electron chi connectivity index (χ4n) is 2.07. The molecule has 0 saturated carbocycles. The van der Waals surface area contributed by atoms with E-state index in [9.17, 15) is 0 Å². The Labute approximate surface area is 111 Å². The smallest absolute Gasteiger partial charge is 0.0676 e. The van der Waals surface area contributed by atoms with Gasteiger partial charge in [0.05, 0.1) is 11.4 Å². The van der Waals surface area contributed by atoms with Crippen molar-refractivity contribution in [2.75, 3.05) is 6.54 Å². The van der Waals surface area contributed by atoms with Crippen LogP contribution >= 0.6 is 0 Å². The molecule has 1 rings (SSSR count). The highest BCUT2D eigenvalue weighted by Crippen LogP contribution is 2.23. The lowest BCUT2D eigenvalue weighted by Gasteiger charge is -2.21. The van der Waals surface area contributed by atoms with Gasteiger partial charge in [0.15, 0.2) is 0 Å². The van der Waals surface area contributed by atoms with Crippen LogP contribution in [0.25, 0.3) is 0 Å². The molecule has 0 saturated heterocycles. The molecule has 1 heterocycles. The third kappa shape index (κ3) is 4.22. The minimum atomic E-state index is 0.312. The number of hydrogen-bond acceptors (Lipinski definition) is 3. The molecule has 3 heteroatoms. The molecule has 1 aromatic rings. The van der Waals surface area contributed by atoms with Crippen molar-refractivity contribution < 1.29 is 0 Å². The predicted octanol–water partition coefficient (Wildman–Crippen LogP) is 3.35. The summed E-state index contributed by atoms with van der Waals surface area (Å²) in [5, 5.41) is 12.1. The van der Waals surface area contributed by atoms with Gasteiger partial charge in [0, 0.05) is 6.04 Å². The average Bonchev–Trinajstić information content (AvgIpc) is 2.34. The van der Waals surface area contributed by atoms with Crippen molar-refractivity contribution in [1.29, 1.82) is 0 Å². The molecule has 100 valence electrons. The lowest BCUT2D eigenvalue weighted by Crippen LogP contribution is -2.24. The second-order valence-corrected chi connectivity index (χ2v) is 4.91. The maximum Gasteiger partial charge on any atom is 0.0676 e. The van der Waals surface area contributed by atoms with Crippen molar-refractivity contribution in [3.8, 4) is 0 Å². The second kappa shape index (κ2) is 7.27. The van der Waals surface area contributed by atoms with Gasteiger partial charge in [-0.2, -0.15) is 10.2 Å². The van der Waals surface area contributed by atoms with Crippen LogP contribution in [0.1, 0.15) is 56.6 Å². The first kappa shape index (κ1) is 14.8. The van der Waals surface area contributed by atoms with Gasteiger partial charge in [-0.3, -0.25) is 0 Å². The van der Waals surface area contributed by atoms with Crippen molar-refractivity contribution in [3.05, 3.63) is 35.2 Å². The van der Waals surface area contributed by atoms with E-state index in [2.05, 4.69) is 48.9 Å². The Balaban J connectivity index is 3.01. The van der Waals surface area contributed by atoms with Gasteiger partial charge in [-0.25, -0.2) is 0 Å². The fraction of sp³-hybridized carbons (Fsp3) is 0.600. The van der Waals surface area contributed by atoms with E-state index in [1.54, 1.807) is 0 Å². The largest absolute Gasteiger partial charge is 0.310 e. The Bertz CT molecular complexity index is 399. The molecule has 0 aliphatic carbocycles. The maximum absolute atomic E-state index is 4.31. The molecule has 1 unspecified atom stereocenters. The second-order valence-electron chi connectivity index (χ2n) is 4.91. The number of aromatic nitrogens is 2. The lowest BCUT2D eigenvalue weighted by molar-refractivity contribution is 0.520. The molecule has 0 aromatic carbocycles. The van der Waals surface area contributed by atoms with E-state index in [4.69, 9.17) is 0 Å². The van der Waals surface area contributed by atoms with Gasteiger partial charge in [-0.05, 0) is 51.3 Å². The van der Waals surface area contributed by atoms with E-state index >= 15 is 0 Å². The molecule has 1 aromatic heterocycles. The average molecular weight is 247 g/mol. The van der Waals surface area contributed by atoms with Crippen LogP contribution < -0.4 is 5.32 Å². The fourth-order valence-corrected chi connectivity index (χ4v) is 2.07. The van der Waals surface area contributed by atoms with Gasteiger partial charge in [-0.1, -0.05) is 19.4 Å². The third-order valence-corrected chi connectivity index (χ3v) is 2.93. The summed E-state index contributed by atoms with van der Waals surface area (Å²) in [6, 6.07) is 2.47. The van der Waals surface area contributed by atoms with Crippen molar-refractivity contribution in [2.45, 2.75) is 53.0 Å². The van der Waals surface area contributed by atoms with Gasteiger partial charge >= 0.3 is 0 Å². The van der Waals surface area contributed by atoms with Crippen LogP contribution in [-0.2, 0) is 6.42 Å². The number of nitrogens with one attached hydrogen (secondary N) is 1. The molecular formula is C15H25N3. The topological polar surface area (TPSA) is 37.8 Å². The predicted molar refractivity (Wildman–Crippen MR) is 76.6 cm³/mol. The molecule has 1 atom stereocenters. The van der Waals surface area contributed by atoms with Crippen molar-refractivity contribution in [3.63, 3.8) is 0 Å². The summed E-state index contributed by atoms with van der Waals surface area (Å²) in [5.41, 5.74) is 4.55. The molecular weight excluding hydrogens is 222 g/mol. The Hall–Kier alpha value is -1.22. The summed E-state index contributed by atoms with van der Waals surface area (Å²) in [6.45, 7) is 13.4. The van der Waals surface area contributed by atoms with Crippen LogP contribution in [0, 0.1) is 6.92 Å². The number of hydrogen-bond donors (Lipinski definition) is 1. The minimum absolute atomic E-state index is 0.312. The van der Waals surface area contributed by atoms with Crippen LogP contribution in [0.4, 0.5) is 0 Å². The highest BCUT2D eigenvalue weighted by molar-refractivity contribution is 5.26. The summed E-state index contributed by atoms with van der Waals surface area (Å²) in [4.78, 5) is 0. The molecule has 3 nitrogen and oxygen atoms in total. The zero-order valence-corrected chi connectivity index (χ0v) is 12.1. The molecule has 0 fully saturated rings. The zero-order chi connectivity index (χ0) is 13.5. The maximum atomic E-state index is 4.31. The highest BCUT2D eigenvalue weighted by Gasteiger charge is 2.16. The van der Waals surface area contributed by atoms with Crippen molar-refractivity contribution >= 4 is 0 Å². The summed E-state index contributed by atoms with van der Waals surface area (Å²) in [7, 11) is 0. The van der Waals surface area contributed by atoms with Gasteiger partial charge < -0.3 is 5.32 Å². The van der Waals surface area contributed by atoms with Crippen LogP contribution in [-0.4, -0.2) is 16.7 Å². The SMILES string of the molecule is C=C(C)CC(NCCC)c1cc(C)nnc1CC. The van der Waals surface area contributed by atoms with Crippen LogP contribution in [0.15, 0.2) is 18.2 Å². The Morgan fingerprint density at radius 2 is 2.11 bits per heavy atom. The van der Waals surface area contributed by atoms with E-state index in [1.165, 1.54) is 11.1 Å². The molecule has 18 heavy (non-hydrogen) atoms. The van der Waals surface area contributed by atoms with Gasteiger partial charge in [0.1, 0.15) is 0 Å². The number of nitrogens with zero attached hydrogens (tertiary/aromatic N) is 2. The molecule has 0 aliphatic heterocycles. The van der Waals surface area contributed by atoms with E-state index < -0.39 is 0 Å². The van der Waals surface area contributed by atoms with Crippen LogP contribution in [0.2, 0.25) is 0 Å². The van der Waals surface area contributed by atoms with Gasteiger partial charge in [0.2, 0.25) is 0 Å². The van der Waals surface area contributed by atoms with E-state index in [1.807, 2.05) is 6.92 Å². The van der Waals surface area contributed by atoms with Crippen LogP contribution in [0.5, 0.6) is 0 Å². The van der Waals surface area contributed by atoms with Crippen LogP contribution in [0.3, 0.4) is 0 Å². The summed E-state index contributed by atoms with van der Waals surface area (Å²) >= 11 is 0. The summed E-state index contributed by atoms with van der Waals surface area (Å²) < 4.78 is 0. The first-order valence-electron chi connectivity index (χ1n) is 6.79. The Kier molecular flexibility index (Phi) is 5.99. The number of rotatable bonds is 7.